The van der Waals surface area contributed by atoms with Crippen LogP contribution in [0.3, 0.4) is 0 Å². The molecule has 4 aromatic rings. The van der Waals surface area contributed by atoms with Crippen molar-refractivity contribution in [2.45, 2.75) is 0 Å². The van der Waals surface area contributed by atoms with E-state index in [2.05, 4.69) is 55.1 Å². The Balaban J connectivity index is 2.31. The molecule has 0 saturated carbocycles. The topological polar surface area (TPSA) is 26.3 Å². The molecule has 0 fully saturated rings. The van der Waals surface area contributed by atoms with Crippen LogP contribution in [0.4, 0.5) is 0 Å². The molecule has 0 amide bonds. The summed E-state index contributed by atoms with van der Waals surface area (Å²) in [5, 5.41) is 3.84. The van der Waals surface area contributed by atoms with Crippen LogP contribution in [0.2, 0.25) is 0 Å². The Hall–Kier alpha value is -3.48. The van der Waals surface area contributed by atoms with E-state index in [1.54, 1.807) is 0 Å². The van der Waals surface area contributed by atoms with Crippen LogP contribution in [0.15, 0.2) is 134 Å². The molecule has 0 aromatic heterocycles. The first-order valence-corrected chi connectivity index (χ1v) is 12.0. The second-order valence-corrected chi connectivity index (χ2v) is 11.3. The van der Waals surface area contributed by atoms with Crippen molar-refractivity contribution in [3.63, 3.8) is 0 Å². The Kier molecular flexibility index (Phi) is 5.35. The minimum absolute atomic E-state index is 0.451. The first-order valence-electron chi connectivity index (χ1n) is 9.82. The number of benzene rings is 4. The summed E-state index contributed by atoms with van der Waals surface area (Å²) in [6.45, 7) is -0.184. The summed E-state index contributed by atoms with van der Waals surface area (Å²) in [6, 6.07) is 40.3. The zero-order valence-corrected chi connectivity index (χ0v) is 17.5. The summed E-state index contributed by atoms with van der Waals surface area (Å²) in [4.78, 5) is 13.0. The predicted molar refractivity (Wildman–Crippen MR) is 128 cm³/mol. The van der Waals surface area contributed by atoms with Gasteiger partial charge in [-0.1, -0.05) is 0 Å². The van der Waals surface area contributed by atoms with Crippen LogP contribution in [-0.4, -0.2) is 5.97 Å². The van der Waals surface area contributed by atoms with Gasteiger partial charge in [0.1, 0.15) is 0 Å². The first-order chi connectivity index (χ1) is 14.7. The van der Waals surface area contributed by atoms with Crippen molar-refractivity contribution in [1.29, 1.82) is 0 Å². The summed E-state index contributed by atoms with van der Waals surface area (Å²) in [5.41, 5.74) is 0. The van der Waals surface area contributed by atoms with Gasteiger partial charge in [0.15, 0.2) is 0 Å². The molecule has 0 heterocycles. The fourth-order valence-corrected chi connectivity index (χ4v) is 9.78. The standard InChI is InChI=1S/C27H23O2P/c1-2-27(28)29-30(23-15-7-3-8-16-23,24-17-9-4-10-18-24,25-19-11-5-12-20-25)26-21-13-6-14-22-26/h2-22H,1H2. The molecule has 0 aliphatic heterocycles. The van der Waals surface area contributed by atoms with Crippen LogP contribution in [0.1, 0.15) is 0 Å². The molecule has 0 N–H and O–H groups in total. The van der Waals surface area contributed by atoms with Crippen molar-refractivity contribution in [2.24, 2.45) is 0 Å². The van der Waals surface area contributed by atoms with Crippen LogP contribution in [0.25, 0.3) is 0 Å². The maximum atomic E-state index is 13.0. The average molecular weight is 410 g/mol. The van der Waals surface area contributed by atoms with Crippen molar-refractivity contribution in [1.82, 2.24) is 0 Å². The summed E-state index contributed by atoms with van der Waals surface area (Å²) in [7, 11) is 0. The van der Waals surface area contributed by atoms with Gasteiger partial charge in [-0.25, -0.2) is 0 Å². The van der Waals surface area contributed by atoms with Gasteiger partial charge in [0, 0.05) is 0 Å². The van der Waals surface area contributed by atoms with Gasteiger partial charge in [0.05, 0.1) is 0 Å². The summed E-state index contributed by atoms with van der Waals surface area (Å²) in [5.74, 6) is -0.451. The maximum absolute atomic E-state index is 13.0. The van der Waals surface area contributed by atoms with Crippen molar-refractivity contribution in [2.75, 3.05) is 0 Å². The molecule has 4 rings (SSSR count). The SMILES string of the molecule is C=CC(=O)OP(c1ccccc1)(c1ccccc1)(c1ccccc1)c1ccccc1. The molecule has 0 unspecified atom stereocenters. The molecule has 0 atom stereocenters. The van der Waals surface area contributed by atoms with Gasteiger partial charge in [-0.15, -0.1) is 0 Å². The average Bonchev–Trinajstić information content (AvgIpc) is 2.85. The van der Waals surface area contributed by atoms with Crippen molar-refractivity contribution < 1.29 is 9.32 Å². The normalized spacial score (nSPS) is 12.3. The molecular formula is C27H23O2P. The second kappa shape index (κ2) is 8.10. The third-order valence-corrected chi connectivity index (χ3v) is 11.1. The minimum atomic E-state index is -3.88. The Labute approximate surface area is 177 Å². The summed E-state index contributed by atoms with van der Waals surface area (Å²) in [6.07, 6.45) is 1.25. The number of carbonyl (C=O) groups excluding carboxylic acids is 1. The molecule has 3 heteroatoms. The predicted octanol–water partition coefficient (Wildman–Crippen LogP) is 4.49. The molecule has 30 heavy (non-hydrogen) atoms. The zero-order chi connectivity index (χ0) is 20.9. The van der Waals surface area contributed by atoms with E-state index < -0.39 is 12.8 Å². The van der Waals surface area contributed by atoms with E-state index in [0.29, 0.717) is 0 Å². The van der Waals surface area contributed by atoms with E-state index >= 15 is 0 Å². The third-order valence-electron chi connectivity index (χ3n) is 5.43. The number of hydrogen-bond donors (Lipinski definition) is 0. The molecule has 4 aromatic carbocycles. The third kappa shape index (κ3) is 2.89. The van der Waals surface area contributed by atoms with E-state index in [4.69, 9.17) is 4.52 Å². The van der Waals surface area contributed by atoms with Gasteiger partial charge in [-0.2, -0.15) is 0 Å². The quantitative estimate of drug-likeness (QED) is 0.346. The van der Waals surface area contributed by atoms with Crippen molar-refractivity contribution in [3.05, 3.63) is 134 Å². The molecule has 2 nitrogen and oxygen atoms in total. The monoisotopic (exact) mass is 410 g/mol. The molecular weight excluding hydrogens is 387 g/mol. The Morgan fingerprint density at radius 2 is 0.833 bits per heavy atom. The first kappa shape index (κ1) is 19.8. The Morgan fingerprint density at radius 3 is 1.07 bits per heavy atom. The molecule has 0 saturated heterocycles. The van der Waals surface area contributed by atoms with E-state index in [1.807, 2.05) is 72.8 Å². The van der Waals surface area contributed by atoms with Gasteiger partial charge in [-0.05, 0) is 0 Å². The fraction of sp³-hybridized carbons (Fsp3) is 0. The molecule has 0 bridgehead atoms. The van der Waals surface area contributed by atoms with Crippen molar-refractivity contribution in [3.8, 4) is 0 Å². The van der Waals surface area contributed by atoms with Crippen molar-refractivity contribution >= 4 is 34.0 Å². The molecule has 0 radical (unpaired) electrons. The van der Waals surface area contributed by atoms with E-state index in [0.717, 1.165) is 21.2 Å². The van der Waals surface area contributed by atoms with Gasteiger partial charge < -0.3 is 0 Å². The summed E-state index contributed by atoms with van der Waals surface area (Å²) < 4.78 is 6.69. The van der Waals surface area contributed by atoms with E-state index in [9.17, 15) is 4.79 Å². The molecule has 0 aliphatic rings. The van der Waals surface area contributed by atoms with Gasteiger partial charge in [0.2, 0.25) is 0 Å². The Bertz CT molecular complexity index is 971. The fourth-order valence-electron chi connectivity index (χ4n) is 4.17. The van der Waals surface area contributed by atoms with Gasteiger partial charge in [-0.3, -0.25) is 0 Å². The van der Waals surface area contributed by atoms with Gasteiger partial charge >= 0.3 is 177 Å². The van der Waals surface area contributed by atoms with Crippen LogP contribution >= 0.6 is 6.83 Å². The second-order valence-electron chi connectivity index (χ2n) is 6.99. The van der Waals surface area contributed by atoms with Crippen LogP contribution < -0.4 is 21.2 Å². The van der Waals surface area contributed by atoms with Crippen LogP contribution in [-0.2, 0) is 9.32 Å². The molecule has 0 aliphatic carbocycles. The summed E-state index contributed by atoms with van der Waals surface area (Å²) >= 11 is 0. The van der Waals surface area contributed by atoms with Gasteiger partial charge in [0.25, 0.3) is 0 Å². The molecule has 0 spiro atoms. The molecule has 148 valence electrons. The number of rotatable bonds is 6. The van der Waals surface area contributed by atoms with E-state index in [-0.39, 0.29) is 0 Å². The van der Waals surface area contributed by atoms with E-state index in [1.165, 1.54) is 6.08 Å². The van der Waals surface area contributed by atoms with Crippen LogP contribution in [0, 0.1) is 0 Å². The Morgan fingerprint density at radius 1 is 0.567 bits per heavy atom. The van der Waals surface area contributed by atoms with Crippen LogP contribution in [0.5, 0.6) is 0 Å². The number of hydrogen-bond acceptors (Lipinski definition) is 2. The number of carbonyl (C=O) groups is 1. The zero-order valence-electron chi connectivity index (χ0n) is 16.6.